The summed E-state index contributed by atoms with van der Waals surface area (Å²) in [5.41, 5.74) is 4.67. The van der Waals surface area contributed by atoms with E-state index in [4.69, 9.17) is 14.7 Å². The Balaban J connectivity index is 2.12. The Bertz CT molecular complexity index is 650. The highest BCUT2D eigenvalue weighted by atomic mass is 16.5. The van der Waals surface area contributed by atoms with Crippen molar-refractivity contribution in [3.63, 3.8) is 0 Å². The minimum Gasteiger partial charge on any atom is -0.497 e. The summed E-state index contributed by atoms with van der Waals surface area (Å²) in [4.78, 5) is 9.67. The third-order valence-corrected chi connectivity index (χ3v) is 4.06. The fraction of sp³-hybridized carbons (Fsp3) is 0.444. The van der Waals surface area contributed by atoms with Gasteiger partial charge in [0.05, 0.1) is 18.5 Å². The summed E-state index contributed by atoms with van der Waals surface area (Å²) in [5, 5.41) is 3.46. The fourth-order valence-corrected chi connectivity index (χ4v) is 2.80. The molecule has 22 heavy (non-hydrogen) atoms. The maximum Gasteiger partial charge on any atom is 0.131 e. The van der Waals surface area contributed by atoms with Crippen molar-refractivity contribution in [2.24, 2.45) is 0 Å². The molecule has 2 heterocycles. The zero-order valence-electron chi connectivity index (χ0n) is 13.5. The molecule has 4 heteroatoms. The number of nitrogens with one attached hydrogen (secondary N) is 1. The number of methoxy groups -OCH3 is 1. The van der Waals surface area contributed by atoms with E-state index >= 15 is 0 Å². The predicted octanol–water partition coefficient (Wildman–Crippen LogP) is 3.31. The predicted molar refractivity (Wildman–Crippen MR) is 88.1 cm³/mol. The van der Waals surface area contributed by atoms with Gasteiger partial charge in [-0.15, -0.1) is 0 Å². The summed E-state index contributed by atoms with van der Waals surface area (Å²) in [6, 6.07) is 8.16. The second kappa shape index (κ2) is 6.44. The van der Waals surface area contributed by atoms with E-state index in [1.807, 2.05) is 12.1 Å². The zero-order chi connectivity index (χ0) is 15.5. The van der Waals surface area contributed by atoms with Crippen LogP contribution >= 0.6 is 0 Å². The van der Waals surface area contributed by atoms with Crippen LogP contribution in [0.25, 0.3) is 11.3 Å². The van der Waals surface area contributed by atoms with Gasteiger partial charge in [-0.05, 0) is 43.7 Å². The molecule has 0 radical (unpaired) electrons. The first-order valence-electron chi connectivity index (χ1n) is 7.94. The van der Waals surface area contributed by atoms with Gasteiger partial charge in [-0.25, -0.2) is 9.97 Å². The molecule has 116 valence electrons. The molecule has 0 aliphatic carbocycles. The van der Waals surface area contributed by atoms with Gasteiger partial charge in [0.15, 0.2) is 0 Å². The van der Waals surface area contributed by atoms with E-state index in [9.17, 15) is 0 Å². The number of hydrogen-bond acceptors (Lipinski definition) is 4. The zero-order valence-corrected chi connectivity index (χ0v) is 13.5. The number of benzene rings is 1. The standard InChI is InChI=1S/C18H23N3O/c1-12(2)18-20-16-11-19-10-4-5-15(16)17(21-18)13-6-8-14(22-3)9-7-13/h6-9,12,19H,4-5,10-11H2,1-3H3. The highest BCUT2D eigenvalue weighted by molar-refractivity contribution is 5.65. The van der Waals surface area contributed by atoms with Crippen molar-refractivity contribution in [2.75, 3.05) is 13.7 Å². The van der Waals surface area contributed by atoms with Gasteiger partial charge in [0, 0.05) is 23.6 Å². The molecule has 0 atom stereocenters. The SMILES string of the molecule is COc1ccc(-c2nc(C(C)C)nc3c2CCCNC3)cc1. The number of hydrogen-bond donors (Lipinski definition) is 1. The van der Waals surface area contributed by atoms with Crippen molar-refractivity contribution < 1.29 is 4.74 Å². The van der Waals surface area contributed by atoms with Crippen LogP contribution in [-0.2, 0) is 13.0 Å². The van der Waals surface area contributed by atoms with Crippen LogP contribution in [0.4, 0.5) is 0 Å². The largest absolute Gasteiger partial charge is 0.497 e. The Morgan fingerprint density at radius 3 is 2.59 bits per heavy atom. The molecule has 1 aliphatic rings. The maximum atomic E-state index is 5.26. The molecular formula is C18H23N3O. The Morgan fingerprint density at radius 1 is 1.14 bits per heavy atom. The lowest BCUT2D eigenvalue weighted by atomic mass is 10.00. The van der Waals surface area contributed by atoms with E-state index in [2.05, 4.69) is 31.3 Å². The quantitative estimate of drug-likeness (QED) is 0.944. The Hall–Kier alpha value is -1.94. The second-order valence-electron chi connectivity index (χ2n) is 6.02. The van der Waals surface area contributed by atoms with Gasteiger partial charge >= 0.3 is 0 Å². The highest BCUT2D eigenvalue weighted by Crippen LogP contribution is 2.29. The summed E-state index contributed by atoms with van der Waals surface area (Å²) in [6.07, 6.45) is 2.16. The minimum absolute atomic E-state index is 0.325. The van der Waals surface area contributed by atoms with Gasteiger partial charge < -0.3 is 10.1 Å². The number of ether oxygens (including phenoxy) is 1. The lowest BCUT2D eigenvalue weighted by Gasteiger charge is -2.15. The average Bonchev–Trinajstić information content (AvgIpc) is 2.79. The first-order valence-corrected chi connectivity index (χ1v) is 7.94. The van der Waals surface area contributed by atoms with Crippen LogP contribution in [0, 0.1) is 0 Å². The summed E-state index contributed by atoms with van der Waals surface area (Å²) in [5.74, 6) is 2.12. The summed E-state index contributed by atoms with van der Waals surface area (Å²) in [6.45, 7) is 6.16. The molecule has 0 amide bonds. The number of aromatic nitrogens is 2. The first kappa shape index (κ1) is 15.0. The van der Waals surface area contributed by atoms with Gasteiger partial charge in [-0.1, -0.05) is 13.8 Å². The van der Waals surface area contributed by atoms with E-state index < -0.39 is 0 Å². The van der Waals surface area contributed by atoms with Gasteiger partial charge in [0.25, 0.3) is 0 Å². The van der Waals surface area contributed by atoms with Crippen LogP contribution in [0.2, 0.25) is 0 Å². The molecule has 1 aromatic carbocycles. The van der Waals surface area contributed by atoms with Gasteiger partial charge in [-0.3, -0.25) is 0 Å². The van der Waals surface area contributed by atoms with Crippen molar-refractivity contribution in [3.05, 3.63) is 41.3 Å². The molecule has 0 fully saturated rings. The fourth-order valence-electron chi connectivity index (χ4n) is 2.80. The molecule has 3 rings (SSSR count). The molecule has 1 aliphatic heterocycles. The molecule has 0 spiro atoms. The Kier molecular flexibility index (Phi) is 4.39. The Morgan fingerprint density at radius 2 is 1.91 bits per heavy atom. The van der Waals surface area contributed by atoms with Crippen molar-refractivity contribution in [2.45, 2.75) is 39.2 Å². The summed E-state index contributed by atoms with van der Waals surface area (Å²) < 4.78 is 5.26. The normalized spacial score (nSPS) is 14.5. The van der Waals surface area contributed by atoms with Gasteiger partial charge in [0.1, 0.15) is 11.6 Å². The Labute approximate surface area is 132 Å². The number of nitrogens with zero attached hydrogens (tertiary/aromatic N) is 2. The molecule has 0 bridgehead atoms. The average molecular weight is 297 g/mol. The number of fused-ring (bicyclic) bond motifs is 1. The van der Waals surface area contributed by atoms with E-state index in [-0.39, 0.29) is 0 Å². The van der Waals surface area contributed by atoms with E-state index in [0.29, 0.717) is 5.92 Å². The minimum atomic E-state index is 0.325. The molecule has 1 aromatic heterocycles. The first-order chi connectivity index (χ1) is 10.7. The van der Waals surface area contributed by atoms with Crippen molar-refractivity contribution in [1.29, 1.82) is 0 Å². The van der Waals surface area contributed by atoms with Crippen molar-refractivity contribution in [3.8, 4) is 17.0 Å². The molecule has 2 aromatic rings. The van der Waals surface area contributed by atoms with Crippen LogP contribution < -0.4 is 10.1 Å². The lowest BCUT2D eigenvalue weighted by Crippen LogP contribution is -2.14. The lowest BCUT2D eigenvalue weighted by molar-refractivity contribution is 0.415. The van der Waals surface area contributed by atoms with Crippen LogP contribution in [-0.4, -0.2) is 23.6 Å². The molecule has 1 N–H and O–H groups in total. The van der Waals surface area contributed by atoms with E-state index in [1.54, 1.807) is 7.11 Å². The van der Waals surface area contributed by atoms with Crippen molar-refractivity contribution >= 4 is 0 Å². The third-order valence-electron chi connectivity index (χ3n) is 4.06. The summed E-state index contributed by atoms with van der Waals surface area (Å²) in [7, 11) is 1.69. The number of rotatable bonds is 3. The molecule has 0 saturated heterocycles. The van der Waals surface area contributed by atoms with E-state index in [1.165, 1.54) is 5.56 Å². The second-order valence-corrected chi connectivity index (χ2v) is 6.02. The van der Waals surface area contributed by atoms with Gasteiger partial charge in [0.2, 0.25) is 0 Å². The molecular weight excluding hydrogens is 274 g/mol. The smallest absolute Gasteiger partial charge is 0.131 e. The van der Waals surface area contributed by atoms with Crippen LogP contribution in [0.3, 0.4) is 0 Å². The monoisotopic (exact) mass is 297 g/mol. The van der Waals surface area contributed by atoms with Gasteiger partial charge in [-0.2, -0.15) is 0 Å². The topological polar surface area (TPSA) is 47.0 Å². The molecule has 0 unspecified atom stereocenters. The highest BCUT2D eigenvalue weighted by Gasteiger charge is 2.18. The third kappa shape index (κ3) is 2.97. The van der Waals surface area contributed by atoms with Crippen LogP contribution in [0.15, 0.2) is 24.3 Å². The van der Waals surface area contributed by atoms with Crippen LogP contribution in [0.5, 0.6) is 5.75 Å². The summed E-state index contributed by atoms with van der Waals surface area (Å²) >= 11 is 0. The molecule has 0 saturated carbocycles. The van der Waals surface area contributed by atoms with Crippen molar-refractivity contribution in [1.82, 2.24) is 15.3 Å². The molecule has 4 nitrogen and oxygen atoms in total. The maximum absolute atomic E-state index is 5.26. The van der Waals surface area contributed by atoms with Crippen LogP contribution in [0.1, 0.15) is 43.3 Å². The van der Waals surface area contributed by atoms with E-state index in [0.717, 1.165) is 54.5 Å².